The van der Waals surface area contributed by atoms with Crippen molar-refractivity contribution in [3.63, 3.8) is 0 Å². The first kappa shape index (κ1) is 12.2. The molecule has 1 aliphatic rings. The SMILES string of the molecule is CC(=O)C1=C([O-])c2ccccc2C1=O.[Na+]. The van der Waals surface area contributed by atoms with E-state index in [4.69, 9.17) is 0 Å². The molecule has 0 aromatic heterocycles. The van der Waals surface area contributed by atoms with Crippen LogP contribution in [0.4, 0.5) is 0 Å². The number of rotatable bonds is 1. The zero-order valence-electron chi connectivity index (χ0n) is 8.53. The average Bonchev–Trinajstić information content (AvgIpc) is 2.41. The van der Waals surface area contributed by atoms with Crippen molar-refractivity contribution in [1.82, 2.24) is 0 Å². The van der Waals surface area contributed by atoms with E-state index in [0.29, 0.717) is 11.1 Å². The van der Waals surface area contributed by atoms with Gasteiger partial charge in [-0.15, -0.1) is 0 Å². The van der Waals surface area contributed by atoms with Crippen molar-refractivity contribution in [2.45, 2.75) is 6.92 Å². The van der Waals surface area contributed by atoms with E-state index < -0.39 is 17.3 Å². The van der Waals surface area contributed by atoms with E-state index in [1.807, 2.05) is 0 Å². The fourth-order valence-corrected chi connectivity index (χ4v) is 1.57. The summed E-state index contributed by atoms with van der Waals surface area (Å²) in [5.41, 5.74) is 0.455. The van der Waals surface area contributed by atoms with E-state index in [0.717, 1.165) is 0 Å². The third-order valence-corrected chi connectivity index (χ3v) is 2.22. The van der Waals surface area contributed by atoms with Gasteiger partial charge in [-0.05, 0) is 12.5 Å². The van der Waals surface area contributed by atoms with Gasteiger partial charge in [0.05, 0.1) is 5.57 Å². The Bertz CT molecular complexity index is 474. The summed E-state index contributed by atoms with van der Waals surface area (Å²) in [6.45, 7) is 1.23. The Hall–Kier alpha value is -0.900. The standard InChI is InChI=1S/C11H8O3.Na/c1-6(12)9-10(13)7-4-2-3-5-8(7)11(9)14;/h2-5,13H,1H3;/q;+1/p-1. The molecule has 0 heterocycles. The van der Waals surface area contributed by atoms with Crippen molar-refractivity contribution >= 4 is 17.3 Å². The van der Waals surface area contributed by atoms with Crippen LogP contribution in [0.3, 0.4) is 0 Å². The smallest absolute Gasteiger partial charge is 0.871 e. The first-order valence-corrected chi connectivity index (χ1v) is 4.19. The molecule has 3 nitrogen and oxygen atoms in total. The second-order valence-electron chi connectivity index (χ2n) is 3.14. The molecule has 0 saturated heterocycles. The quantitative estimate of drug-likeness (QED) is 0.382. The van der Waals surface area contributed by atoms with Gasteiger partial charge in [0.2, 0.25) is 0 Å². The van der Waals surface area contributed by atoms with Crippen LogP contribution in [0.15, 0.2) is 29.8 Å². The summed E-state index contributed by atoms with van der Waals surface area (Å²) in [4.78, 5) is 22.6. The minimum Gasteiger partial charge on any atom is -0.871 e. The van der Waals surface area contributed by atoms with Gasteiger partial charge in [0.15, 0.2) is 11.6 Å². The molecule has 70 valence electrons. The van der Waals surface area contributed by atoms with Crippen LogP contribution < -0.4 is 34.7 Å². The molecule has 0 N–H and O–H groups in total. The van der Waals surface area contributed by atoms with E-state index in [1.165, 1.54) is 6.92 Å². The van der Waals surface area contributed by atoms with E-state index in [9.17, 15) is 14.7 Å². The molecule has 0 spiro atoms. The monoisotopic (exact) mass is 210 g/mol. The maximum atomic E-state index is 11.6. The minimum atomic E-state index is -0.462. The molecule has 0 saturated carbocycles. The van der Waals surface area contributed by atoms with Crippen LogP contribution in [0.2, 0.25) is 0 Å². The molecule has 4 heteroatoms. The van der Waals surface area contributed by atoms with Crippen LogP contribution in [0.25, 0.3) is 5.76 Å². The number of hydrogen-bond acceptors (Lipinski definition) is 3. The summed E-state index contributed by atoms with van der Waals surface area (Å²) in [6, 6.07) is 6.47. The number of carbonyl (C=O) groups is 2. The Morgan fingerprint density at radius 1 is 1.20 bits per heavy atom. The van der Waals surface area contributed by atoms with Crippen molar-refractivity contribution in [2.24, 2.45) is 0 Å². The molecule has 0 fully saturated rings. The van der Waals surface area contributed by atoms with Gasteiger partial charge in [0, 0.05) is 5.56 Å². The molecule has 1 aromatic carbocycles. The zero-order chi connectivity index (χ0) is 10.3. The predicted octanol–water partition coefficient (Wildman–Crippen LogP) is -2.45. The van der Waals surface area contributed by atoms with E-state index >= 15 is 0 Å². The molecule has 0 amide bonds. The van der Waals surface area contributed by atoms with Crippen LogP contribution in [0, 0.1) is 0 Å². The third kappa shape index (κ3) is 1.78. The van der Waals surface area contributed by atoms with Gasteiger partial charge >= 0.3 is 29.6 Å². The predicted molar refractivity (Wildman–Crippen MR) is 48.4 cm³/mol. The number of ketones is 2. The van der Waals surface area contributed by atoms with Crippen LogP contribution >= 0.6 is 0 Å². The van der Waals surface area contributed by atoms with Gasteiger partial charge < -0.3 is 5.11 Å². The third-order valence-electron chi connectivity index (χ3n) is 2.22. The van der Waals surface area contributed by atoms with E-state index in [2.05, 4.69) is 0 Å². The number of carbonyl (C=O) groups excluding carboxylic acids is 2. The van der Waals surface area contributed by atoms with Crippen molar-refractivity contribution in [1.29, 1.82) is 0 Å². The Kier molecular flexibility index (Phi) is 3.50. The summed E-state index contributed by atoms with van der Waals surface area (Å²) < 4.78 is 0. The Balaban J connectivity index is 0.00000112. The average molecular weight is 210 g/mol. The van der Waals surface area contributed by atoms with E-state index in [-0.39, 0.29) is 35.1 Å². The van der Waals surface area contributed by atoms with Crippen molar-refractivity contribution < 1.29 is 44.3 Å². The fraction of sp³-hybridized carbons (Fsp3) is 0.0909. The molecule has 1 aromatic rings. The second-order valence-corrected chi connectivity index (χ2v) is 3.14. The van der Waals surface area contributed by atoms with Crippen LogP contribution in [-0.4, -0.2) is 11.6 Å². The van der Waals surface area contributed by atoms with Gasteiger partial charge in [-0.1, -0.05) is 30.0 Å². The van der Waals surface area contributed by atoms with Crippen LogP contribution in [0.5, 0.6) is 0 Å². The Labute approximate surface area is 109 Å². The van der Waals surface area contributed by atoms with Gasteiger partial charge in [-0.25, -0.2) is 0 Å². The number of Topliss-reactive ketones (excluding diaryl/α,β-unsaturated/α-hetero) is 2. The molecule has 0 radical (unpaired) electrons. The topological polar surface area (TPSA) is 57.2 Å². The zero-order valence-corrected chi connectivity index (χ0v) is 10.5. The second kappa shape index (κ2) is 4.31. The number of benzene rings is 1. The normalized spacial score (nSPS) is 13.5. The summed E-state index contributed by atoms with van der Waals surface area (Å²) in [5.74, 6) is -1.35. The molecule has 1 aliphatic carbocycles. The largest absolute Gasteiger partial charge is 1.00 e. The van der Waals surface area contributed by atoms with Gasteiger partial charge in [0.1, 0.15) is 0 Å². The maximum Gasteiger partial charge on any atom is 1.00 e. The molecule has 0 bridgehead atoms. The van der Waals surface area contributed by atoms with Crippen molar-refractivity contribution in [2.75, 3.05) is 0 Å². The minimum absolute atomic E-state index is 0. The molecule has 15 heavy (non-hydrogen) atoms. The molecule has 0 unspecified atom stereocenters. The summed E-state index contributed by atoms with van der Waals surface area (Å²) in [7, 11) is 0. The first-order valence-electron chi connectivity index (χ1n) is 4.19. The number of fused-ring (bicyclic) bond motifs is 1. The van der Waals surface area contributed by atoms with Crippen LogP contribution in [0.1, 0.15) is 22.8 Å². The maximum absolute atomic E-state index is 11.6. The Morgan fingerprint density at radius 3 is 2.20 bits per heavy atom. The molecular formula is C11H7NaO3. The van der Waals surface area contributed by atoms with E-state index in [1.54, 1.807) is 24.3 Å². The fourth-order valence-electron chi connectivity index (χ4n) is 1.57. The number of allylic oxidation sites excluding steroid dienone is 1. The molecule has 2 rings (SSSR count). The summed E-state index contributed by atoms with van der Waals surface area (Å²) in [6.07, 6.45) is 0. The van der Waals surface area contributed by atoms with Gasteiger partial charge in [0.25, 0.3) is 0 Å². The van der Waals surface area contributed by atoms with Crippen molar-refractivity contribution in [3.8, 4) is 0 Å². The number of hydrogen-bond donors (Lipinski definition) is 0. The molecule has 0 atom stereocenters. The van der Waals surface area contributed by atoms with Gasteiger partial charge in [-0.2, -0.15) is 0 Å². The summed E-state index contributed by atoms with van der Waals surface area (Å²) in [5, 5.41) is 11.6. The van der Waals surface area contributed by atoms with Crippen molar-refractivity contribution in [3.05, 3.63) is 41.0 Å². The molecular weight excluding hydrogens is 203 g/mol. The van der Waals surface area contributed by atoms with Gasteiger partial charge in [-0.3, -0.25) is 9.59 Å². The Morgan fingerprint density at radius 2 is 1.73 bits per heavy atom. The summed E-state index contributed by atoms with van der Waals surface area (Å²) >= 11 is 0. The van der Waals surface area contributed by atoms with Crippen LogP contribution in [-0.2, 0) is 4.79 Å². The molecule has 0 aliphatic heterocycles. The first-order chi connectivity index (χ1) is 6.63.